The van der Waals surface area contributed by atoms with Gasteiger partial charge in [0.2, 0.25) is 11.9 Å². The normalized spacial score (nSPS) is 15.3. The van der Waals surface area contributed by atoms with E-state index in [0.29, 0.717) is 73.4 Å². The third-order valence-corrected chi connectivity index (χ3v) is 7.77. The van der Waals surface area contributed by atoms with Crippen molar-refractivity contribution in [3.63, 3.8) is 0 Å². The van der Waals surface area contributed by atoms with Gasteiger partial charge in [-0.3, -0.25) is 14.2 Å². The first kappa shape index (κ1) is 29.1. The molecule has 2 saturated heterocycles. The number of fused-ring (bicyclic) bond motifs is 1. The SMILES string of the molecule is COc1cc(OC)c(Cl)c(-c2cc3cnc(NC4COC4)nc3n(CCNC3CN(C(=O)C=C(C)C)C3)c2=O)c1Cl. The number of carbonyl (C=O) groups excluding carboxylic acids is 1. The van der Waals surface area contributed by atoms with Crippen LogP contribution in [0.4, 0.5) is 5.95 Å². The average molecular weight is 604 g/mol. The van der Waals surface area contributed by atoms with Crippen LogP contribution in [-0.2, 0) is 16.1 Å². The number of anilines is 1. The van der Waals surface area contributed by atoms with Crippen molar-refractivity contribution in [2.75, 3.05) is 52.4 Å². The maximum atomic E-state index is 14.1. The molecule has 41 heavy (non-hydrogen) atoms. The Morgan fingerprint density at radius 3 is 2.39 bits per heavy atom. The Labute approximate surface area is 247 Å². The fourth-order valence-corrected chi connectivity index (χ4v) is 5.45. The molecule has 1 amide bonds. The van der Waals surface area contributed by atoms with Crippen molar-refractivity contribution in [3.8, 4) is 22.6 Å². The molecule has 11 nitrogen and oxygen atoms in total. The Balaban J connectivity index is 1.48. The van der Waals surface area contributed by atoms with E-state index in [0.717, 1.165) is 5.57 Å². The highest BCUT2D eigenvalue weighted by atomic mass is 35.5. The standard InChI is InChI=1S/C28H32Cl2N6O5/c1-15(2)7-22(37)35-11-17(12-35)31-5-6-36-26-16(10-32-28(34-26)33-18-13-41-14-18)8-19(27(36)38)23-24(29)20(39-3)9-21(40-4)25(23)30/h7-10,17-18,31H,5-6,11-14H2,1-4H3,(H,32,33,34). The number of ether oxygens (including phenoxy) is 3. The monoisotopic (exact) mass is 602 g/mol. The molecule has 0 saturated carbocycles. The van der Waals surface area contributed by atoms with Crippen LogP contribution in [0.2, 0.25) is 10.0 Å². The van der Waals surface area contributed by atoms with E-state index in [2.05, 4.69) is 20.6 Å². The number of methoxy groups -OCH3 is 2. The summed E-state index contributed by atoms with van der Waals surface area (Å²) in [5, 5.41) is 7.69. The van der Waals surface area contributed by atoms with E-state index in [-0.39, 0.29) is 39.2 Å². The van der Waals surface area contributed by atoms with E-state index in [4.69, 9.17) is 37.4 Å². The number of benzene rings is 1. The molecule has 0 atom stereocenters. The number of likely N-dealkylation sites (tertiary alicyclic amines) is 1. The maximum absolute atomic E-state index is 14.1. The molecular weight excluding hydrogens is 571 g/mol. The van der Waals surface area contributed by atoms with Crippen LogP contribution >= 0.6 is 23.2 Å². The molecule has 0 radical (unpaired) electrons. The van der Waals surface area contributed by atoms with Gasteiger partial charge in [0.25, 0.3) is 5.56 Å². The number of allylic oxidation sites excluding steroid dienone is 1. The number of pyridine rings is 1. The lowest BCUT2D eigenvalue weighted by molar-refractivity contribution is -0.130. The second-order valence-corrected chi connectivity index (χ2v) is 11.0. The molecule has 0 spiro atoms. The Bertz CT molecular complexity index is 1530. The molecule has 0 aliphatic carbocycles. The van der Waals surface area contributed by atoms with Crippen LogP contribution in [0.5, 0.6) is 11.5 Å². The Kier molecular flexibility index (Phi) is 8.69. The molecule has 4 heterocycles. The number of carbonyl (C=O) groups is 1. The van der Waals surface area contributed by atoms with Gasteiger partial charge in [0.05, 0.1) is 49.1 Å². The number of rotatable bonds is 10. The molecule has 0 bridgehead atoms. The Morgan fingerprint density at radius 1 is 1.12 bits per heavy atom. The summed E-state index contributed by atoms with van der Waals surface area (Å²) in [4.78, 5) is 37.2. The average Bonchev–Trinajstić information content (AvgIpc) is 2.88. The van der Waals surface area contributed by atoms with Crippen LogP contribution < -0.4 is 25.7 Å². The van der Waals surface area contributed by atoms with Crippen molar-refractivity contribution in [1.82, 2.24) is 24.8 Å². The number of hydrogen-bond acceptors (Lipinski definition) is 9. The predicted molar refractivity (Wildman–Crippen MR) is 158 cm³/mol. The summed E-state index contributed by atoms with van der Waals surface area (Å²) in [5.74, 6) is 1.07. The Hall–Kier alpha value is -3.38. The fourth-order valence-electron chi connectivity index (χ4n) is 4.75. The van der Waals surface area contributed by atoms with Gasteiger partial charge in [-0.25, -0.2) is 4.98 Å². The first-order valence-electron chi connectivity index (χ1n) is 13.2. The van der Waals surface area contributed by atoms with Gasteiger partial charge in [0.15, 0.2) is 0 Å². The van der Waals surface area contributed by atoms with Crippen molar-refractivity contribution in [3.05, 3.63) is 50.4 Å². The highest BCUT2D eigenvalue weighted by Gasteiger charge is 2.29. The fraction of sp³-hybridized carbons (Fsp3) is 0.429. The molecule has 2 fully saturated rings. The van der Waals surface area contributed by atoms with Gasteiger partial charge in [-0.15, -0.1) is 0 Å². The predicted octanol–water partition coefficient (Wildman–Crippen LogP) is 3.36. The van der Waals surface area contributed by atoms with Crippen LogP contribution in [0.25, 0.3) is 22.2 Å². The summed E-state index contributed by atoms with van der Waals surface area (Å²) >= 11 is 13.4. The van der Waals surface area contributed by atoms with Crippen LogP contribution in [0.15, 0.2) is 34.8 Å². The number of halogens is 2. The zero-order chi connectivity index (χ0) is 29.3. The van der Waals surface area contributed by atoms with Gasteiger partial charge in [-0.05, 0) is 19.9 Å². The second kappa shape index (κ2) is 12.2. The van der Waals surface area contributed by atoms with E-state index < -0.39 is 0 Å². The zero-order valence-corrected chi connectivity index (χ0v) is 24.8. The van der Waals surface area contributed by atoms with Gasteiger partial charge in [0, 0.05) is 61.5 Å². The summed E-state index contributed by atoms with van der Waals surface area (Å²) in [5.41, 5.74) is 1.67. The largest absolute Gasteiger partial charge is 0.495 e. The molecule has 13 heteroatoms. The molecule has 2 aromatic heterocycles. The second-order valence-electron chi connectivity index (χ2n) is 10.3. The van der Waals surface area contributed by atoms with E-state index in [1.54, 1.807) is 33.9 Å². The van der Waals surface area contributed by atoms with Crippen LogP contribution in [0, 0.1) is 0 Å². The van der Waals surface area contributed by atoms with Gasteiger partial charge in [-0.2, -0.15) is 4.98 Å². The molecule has 2 aliphatic heterocycles. The number of amides is 1. The van der Waals surface area contributed by atoms with Gasteiger partial charge >= 0.3 is 0 Å². The molecule has 2 aliphatic rings. The molecule has 0 unspecified atom stereocenters. The van der Waals surface area contributed by atoms with E-state index in [1.165, 1.54) is 14.2 Å². The summed E-state index contributed by atoms with van der Waals surface area (Å²) < 4.78 is 17.7. The van der Waals surface area contributed by atoms with E-state index in [9.17, 15) is 9.59 Å². The quantitative estimate of drug-likeness (QED) is 0.336. The lowest BCUT2D eigenvalue weighted by Crippen LogP contribution is -2.60. The molecule has 1 aromatic carbocycles. The summed E-state index contributed by atoms with van der Waals surface area (Å²) in [6, 6.07) is 3.51. The minimum atomic E-state index is -0.330. The first-order valence-corrected chi connectivity index (χ1v) is 14.0. The minimum absolute atomic E-state index is 0.00836. The zero-order valence-electron chi connectivity index (χ0n) is 23.3. The lowest BCUT2D eigenvalue weighted by atomic mass is 10.0. The smallest absolute Gasteiger partial charge is 0.260 e. The highest BCUT2D eigenvalue weighted by Crippen LogP contribution is 2.45. The molecule has 218 valence electrons. The third-order valence-electron chi connectivity index (χ3n) is 7.02. The topological polar surface area (TPSA) is 120 Å². The van der Waals surface area contributed by atoms with E-state index >= 15 is 0 Å². The number of aromatic nitrogens is 3. The van der Waals surface area contributed by atoms with Crippen molar-refractivity contribution in [1.29, 1.82) is 0 Å². The molecule has 5 rings (SSSR count). The number of hydrogen-bond donors (Lipinski definition) is 2. The van der Waals surface area contributed by atoms with Gasteiger partial charge in [-0.1, -0.05) is 28.8 Å². The number of nitrogens with zero attached hydrogens (tertiary/aromatic N) is 4. The van der Waals surface area contributed by atoms with Crippen molar-refractivity contribution in [2.45, 2.75) is 32.5 Å². The highest BCUT2D eigenvalue weighted by molar-refractivity contribution is 6.41. The summed E-state index contributed by atoms with van der Waals surface area (Å²) in [6.45, 7) is 6.92. The van der Waals surface area contributed by atoms with Crippen molar-refractivity contribution >= 4 is 46.1 Å². The minimum Gasteiger partial charge on any atom is -0.495 e. The maximum Gasteiger partial charge on any atom is 0.260 e. The van der Waals surface area contributed by atoms with Crippen LogP contribution in [0.3, 0.4) is 0 Å². The Morgan fingerprint density at radius 2 is 1.80 bits per heavy atom. The van der Waals surface area contributed by atoms with Crippen LogP contribution in [0.1, 0.15) is 13.8 Å². The molecular formula is C28H32Cl2N6O5. The molecule has 3 aromatic rings. The number of nitrogens with one attached hydrogen (secondary N) is 2. The van der Waals surface area contributed by atoms with Crippen molar-refractivity contribution < 1.29 is 19.0 Å². The van der Waals surface area contributed by atoms with Gasteiger partial charge < -0.3 is 29.7 Å². The first-order chi connectivity index (χ1) is 19.7. The van der Waals surface area contributed by atoms with Crippen LogP contribution in [-0.4, -0.2) is 84.5 Å². The summed E-state index contributed by atoms with van der Waals surface area (Å²) in [6.07, 6.45) is 3.30. The lowest BCUT2D eigenvalue weighted by Gasteiger charge is -2.39. The van der Waals surface area contributed by atoms with Gasteiger partial charge in [0.1, 0.15) is 17.1 Å². The molecule has 2 N–H and O–H groups in total. The van der Waals surface area contributed by atoms with E-state index in [1.807, 2.05) is 13.8 Å². The summed E-state index contributed by atoms with van der Waals surface area (Å²) in [7, 11) is 2.96. The third kappa shape index (κ3) is 5.99. The van der Waals surface area contributed by atoms with Crippen molar-refractivity contribution in [2.24, 2.45) is 0 Å².